The Morgan fingerprint density at radius 2 is 2.20 bits per heavy atom. The number of carbonyl (C=O) groups excluding carboxylic acids is 1. The van der Waals surface area contributed by atoms with Gasteiger partial charge in [0.1, 0.15) is 0 Å². The van der Waals surface area contributed by atoms with E-state index in [1.165, 1.54) is 5.56 Å². The molecule has 20 heavy (non-hydrogen) atoms. The molecule has 1 heterocycles. The first-order chi connectivity index (χ1) is 9.60. The number of benzene rings is 1. The number of hydrogen-bond acceptors (Lipinski definition) is 2. The van der Waals surface area contributed by atoms with Gasteiger partial charge in [-0.1, -0.05) is 18.5 Å². The largest absolute Gasteiger partial charge is 0.381 e. The summed E-state index contributed by atoms with van der Waals surface area (Å²) in [5.41, 5.74) is 7.62. The highest BCUT2D eigenvalue weighted by Crippen LogP contribution is 2.21. The highest BCUT2D eigenvalue weighted by atomic mass is 35.5. The van der Waals surface area contributed by atoms with E-state index < -0.39 is 5.91 Å². The number of halogens is 1. The van der Waals surface area contributed by atoms with Gasteiger partial charge in [-0.2, -0.15) is 0 Å². The number of rotatable bonds is 6. The second kappa shape index (κ2) is 6.48. The second-order valence-electron chi connectivity index (χ2n) is 4.67. The standard InChI is InChI=1S/C15H18ClN3O/c1-2-6-19-7-5-11(10-19)9-18-12-3-4-13(15(17)20)14(16)8-12/h3-5,7-8,10,18H,2,6,9H2,1H3,(H2,17,20). The van der Waals surface area contributed by atoms with Crippen LogP contribution in [0, 0.1) is 0 Å². The fourth-order valence-corrected chi connectivity index (χ4v) is 2.30. The number of aryl methyl sites for hydroxylation is 1. The number of nitrogens with zero attached hydrogens (tertiary/aromatic N) is 1. The Bertz CT molecular complexity index is 607. The smallest absolute Gasteiger partial charge is 0.250 e. The van der Waals surface area contributed by atoms with Crippen LogP contribution in [-0.2, 0) is 13.1 Å². The summed E-state index contributed by atoms with van der Waals surface area (Å²) in [6.07, 6.45) is 5.31. The molecule has 0 aliphatic carbocycles. The maximum Gasteiger partial charge on any atom is 0.250 e. The van der Waals surface area contributed by atoms with E-state index in [2.05, 4.69) is 35.3 Å². The summed E-state index contributed by atoms with van der Waals surface area (Å²) in [5.74, 6) is -0.516. The topological polar surface area (TPSA) is 60.1 Å². The summed E-state index contributed by atoms with van der Waals surface area (Å²) in [5, 5.41) is 3.64. The number of nitrogens with two attached hydrogens (primary N) is 1. The third kappa shape index (κ3) is 3.54. The predicted octanol–water partition coefficient (Wildman–Crippen LogP) is 3.26. The van der Waals surface area contributed by atoms with Crippen molar-refractivity contribution in [3.8, 4) is 0 Å². The molecule has 0 saturated heterocycles. The summed E-state index contributed by atoms with van der Waals surface area (Å²) in [6.45, 7) is 3.89. The van der Waals surface area contributed by atoms with Crippen LogP contribution in [0.25, 0.3) is 0 Å². The van der Waals surface area contributed by atoms with Crippen molar-refractivity contribution in [2.24, 2.45) is 5.73 Å². The van der Waals surface area contributed by atoms with E-state index in [0.717, 1.165) is 18.7 Å². The van der Waals surface area contributed by atoms with Crippen molar-refractivity contribution >= 4 is 23.2 Å². The quantitative estimate of drug-likeness (QED) is 0.858. The minimum atomic E-state index is -0.516. The highest BCUT2D eigenvalue weighted by Gasteiger charge is 2.07. The summed E-state index contributed by atoms with van der Waals surface area (Å²) in [4.78, 5) is 11.1. The van der Waals surface area contributed by atoms with Gasteiger partial charge in [0, 0.05) is 31.2 Å². The Balaban J connectivity index is 1.99. The molecule has 0 unspecified atom stereocenters. The number of amides is 1. The average molecular weight is 292 g/mol. The molecule has 0 atom stereocenters. The van der Waals surface area contributed by atoms with Crippen LogP contribution in [-0.4, -0.2) is 10.5 Å². The third-order valence-electron chi connectivity index (χ3n) is 3.02. The normalized spacial score (nSPS) is 10.5. The lowest BCUT2D eigenvalue weighted by atomic mass is 10.2. The molecule has 1 aromatic heterocycles. The van der Waals surface area contributed by atoms with Crippen LogP contribution >= 0.6 is 11.6 Å². The van der Waals surface area contributed by atoms with Gasteiger partial charge in [0.2, 0.25) is 5.91 Å². The summed E-state index contributed by atoms with van der Waals surface area (Å²) >= 11 is 6.01. The fraction of sp³-hybridized carbons (Fsp3) is 0.267. The zero-order chi connectivity index (χ0) is 14.5. The molecule has 2 aromatic rings. The van der Waals surface area contributed by atoms with Crippen LogP contribution in [0.3, 0.4) is 0 Å². The number of primary amides is 1. The molecule has 0 bridgehead atoms. The van der Waals surface area contributed by atoms with Crippen LogP contribution in [0.5, 0.6) is 0 Å². The van der Waals surface area contributed by atoms with Gasteiger partial charge in [0.05, 0.1) is 10.6 Å². The number of carbonyl (C=O) groups is 1. The molecule has 0 fully saturated rings. The first kappa shape index (κ1) is 14.5. The lowest BCUT2D eigenvalue weighted by Gasteiger charge is -2.07. The summed E-state index contributed by atoms with van der Waals surface area (Å²) in [6, 6.07) is 7.23. The van der Waals surface area contributed by atoms with Crippen LogP contribution in [0.4, 0.5) is 5.69 Å². The van der Waals surface area contributed by atoms with Gasteiger partial charge in [-0.15, -0.1) is 0 Å². The second-order valence-corrected chi connectivity index (χ2v) is 5.08. The molecule has 0 aliphatic heterocycles. The van der Waals surface area contributed by atoms with Gasteiger partial charge < -0.3 is 15.6 Å². The fourth-order valence-electron chi connectivity index (χ4n) is 2.02. The maximum atomic E-state index is 11.1. The Kier molecular flexibility index (Phi) is 4.69. The molecule has 0 spiro atoms. The summed E-state index contributed by atoms with van der Waals surface area (Å²) in [7, 11) is 0. The van der Waals surface area contributed by atoms with E-state index >= 15 is 0 Å². The highest BCUT2D eigenvalue weighted by molar-refractivity contribution is 6.34. The summed E-state index contributed by atoms with van der Waals surface area (Å²) < 4.78 is 2.17. The first-order valence-electron chi connectivity index (χ1n) is 6.58. The van der Waals surface area contributed by atoms with Gasteiger partial charge in [0.15, 0.2) is 0 Å². The van der Waals surface area contributed by atoms with E-state index in [0.29, 0.717) is 17.1 Å². The molecule has 4 nitrogen and oxygen atoms in total. The van der Waals surface area contributed by atoms with Gasteiger partial charge in [-0.3, -0.25) is 4.79 Å². The van der Waals surface area contributed by atoms with Crippen LogP contribution in [0.15, 0.2) is 36.7 Å². The van der Waals surface area contributed by atoms with Crippen molar-refractivity contribution in [2.75, 3.05) is 5.32 Å². The molecule has 1 aromatic carbocycles. The van der Waals surface area contributed by atoms with Crippen molar-refractivity contribution in [2.45, 2.75) is 26.4 Å². The molecule has 0 aliphatic rings. The van der Waals surface area contributed by atoms with Crippen LogP contribution in [0.2, 0.25) is 5.02 Å². The minimum absolute atomic E-state index is 0.339. The molecular formula is C15H18ClN3O. The van der Waals surface area contributed by atoms with E-state index in [-0.39, 0.29) is 0 Å². The van der Waals surface area contributed by atoms with Crippen LogP contribution < -0.4 is 11.1 Å². The average Bonchev–Trinajstić information content (AvgIpc) is 2.84. The molecule has 5 heteroatoms. The van der Waals surface area contributed by atoms with Gasteiger partial charge in [-0.05, 0) is 36.2 Å². The molecule has 1 amide bonds. The van der Waals surface area contributed by atoms with E-state index in [9.17, 15) is 4.79 Å². The lowest BCUT2D eigenvalue weighted by Crippen LogP contribution is -2.11. The van der Waals surface area contributed by atoms with Crippen molar-refractivity contribution in [1.82, 2.24) is 4.57 Å². The predicted molar refractivity (Wildman–Crippen MR) is 82.0 cm³/mol. The van der Waals surface area contributed by atoms with Crippen molar-refractivity contribution in [3.63, 3.8) is 0 Å². The Labute approximate surface area is 123 Å². The monoisotopic (exact) mass is 291 g/mol. The SMILES string of the molecule is CCCn1ccc(CNc2ccc(C(N)=O)c(Cl)c2)c1. The third-order valence-corrected chi connectivity index (χ3v) is 3.34. The van der Waals surface area contributed by atoms with Gasteiger partial charge in [0.25, 0.3) is 0 Å². The molecule has 2 rings (SSSR count). The van der Waals surface area contributed by atoms with E-state index in [4.69, 9.17) is 17.3 Å². The van der Waals surface area contributed by atoms with Crippen LogP contribution in [0.1, 0.15) is 29.3 Å². The molecule has 0 radical (unpaired) electrons. The molecule has 3 N–H and O–H groups in total. The zero-order valence-corrected chi connectivity index (χ0v) is 12.2. The van der Waals surface area contributed by atoms with Crippen molar-refractivity contribution < 1.29 is 4.79 Å². The number of hydrogen-bond donors (Lipinski definition) is 2. The Morgan fingerprint density at radius 1 is 1.40 bits per heavy atom. The van der Waals surface area contributed by atoms with Crippen molar-refractivity contribution in [1.29, 1.82) is 0 Å². The lowest BCUT2D eigenvalue weighted by molar-refractivity contribution is 0.100. The zero-order valence-electron chi connectivity index (χ0n) is 11.4. The number of nitrogens with one attached hydrogen (secondary N) is 1. The minimum Gasteiger partial charge on any atom is -0.381 e. The number of aromatic nitrogens is 1. The molecular weight excluding hydrogens is 274 g/mol. The Morgan fingerprint density at radius 3 is 2.85 bits per heavy atom. The van der Waals surface area contributed by atoms with Gasteiger partial charge >= 0.3 is 0 Å². The van der Waals surface area contributed by atoms with Crippen molar-refractivity contribution in [3.05, 3.63) is 52.8 Å². The molecule has 106 valence electrons. The van der Waals surface area contributed by atoms with E-state index in [1.807, 2.05) is 0 Å². The number of anilines is 1. The molecule has 0 saturated carbocycles. The Hall–Kier alpha value is -1.94. The van der Waals surface area contributed by atoms with E-state index in [1.54, 1.807) is 18.2 Å². The maximum absolute atomic E-state index is 11.1. The van der Waals surface area contributed by atoms with Gasteiger partial charge in [-0.25, -0.2) is 0 Å². The first-order valence-corrected chi connectivity index (χ1v) is 6.96.